The van der Waals surface area contributed by atoms with Gasteiger partial charge in [0.15, 0.2) is 0 Å². The normalized spacial score (nSPS) is 16.1. The molecule has 1 heterocycles. The van der Waals surface area contributed by atoms with E-state index < -0.39 is 11.6 Å². The van der Waals surface area contributed by atoms with E-state index >= 15 is 0 Å². The van der Waals surface area contributed by atoms with Crippen LogP contribution >= 0.6 is 0 Å². The van der Waals surface area contributed by atoms with E-state index in [-0.39, 0.29) is 23.9 Å². The van der Waals surface area contributed by atoms with E-state index in [4.69, 9.17) is 9.47 Å². The molecule has 1 saturated heterocycles. The predicted molar refractivity (Wildman–Crippen MR) is 151 cm³/mol. The minimum atomic E-state index is -0.691. The molecule has 2 aromatic rings. The van der Waals surface area contributed by atoms with Gasteiger partial charge < -0.3 is 25.4 Å². The zero-order valence-corrected chi connectivity index (χ0v) is 23.6. The lowest BCUT2D eigenvalue weighted by atomic mass is 9.98. The summed E-state index contributed by atoms with van der Waals surface area (Å²) in [6.07, 6.45) is 2.85. The van der Waals surface area contributed by atoms with Gasteiger partial charge in [0.2, 0.25) is 11.8 Å². The fourth-order valence-electron chi connectivity index (χ4n) is 4.51. The average Bonchev–Trinajstić information content (AvgIpc) is 2.87. The van der Waals surface area contributed by atoms with Gasteiger partial charge in [-0.2, -0.15) is 0 Å². The Morgan fingerprint density at radius 1 is 0.921 bits per heavy atom. The largest absolute Gasteiger partial charge is 0.489 e. The van der Waals surface area contributed by atoms with Crippen LogP contribution < -0.4 is 20.7 Å². The van der Waals surface area contributed by atoms with Crippen LogP contribution in [-0.4, -0.2) is 48.7 Å². The van der Waals surface area contributed by atoms with Crippen molar-refractivity contribution >= 4 is 11.8 Å². The van der Waals surface area contributed by atoms with Crippen LogP contribution in [0.25, 0.3) is 0 Å². The van der Waals surface area contributed by atoms with E-state index in [1.807, 2.05) is 75.4 Å². The molecule has 1 aliphatic heterocycles. The van der Waals surface area contributed by atoms with Crippen molar-refractivity contribution in [2.75, 3.05) is 13.2 Å². The smallest absolute Gasteiger partial charge is 0.243 e. The van der Waals surface area contributed by atoms with Gasteiger partial charge in [-0.05, 0) is 69.2 Å². The molecule has 0 bridgehead atoms. The first-order valence-corrected chi connectivity index (χ1v) is 13.8. The summed E-state index contributed by atoms with van der Waals surface area (Å²) in [5.41, 5.74) is 1.64. The number of carbonyl (C=O) groups excluding carboxylic acids is 2. The first kappa shape index (κ1) is 29.7. The Kier molecular flexibility index (Phi) is 11.2. The zero-order valence-electron chi connectivity index (χ0n) is 23.6. The van der Waals surface area contributed by atoms with Gasteiger partial charge in [0.1, 0.15) is 18.4 Å². The predicted octanol–water partition coefficient (Wildman–Crippen LogP) is 4.39. The second-order valence-corrected chi connectivity index (χ2v) is 11.7. The van der Waals surface area contributed by atoms with E-state index in [0.29, 0.717) is 38.6 Å². The molecule has 0 saturated carbocycles. The highest BCUT2D eigenvalue weighted by Crippen LogP contribution is 2.17. The summed E-state index contributed by atoms with van der Waals surface area (Å²) in [4.78, 5) is 26.8. The molecule has 0 spiro atoms. The maximum atomic E-state index is 13.5. The summed E-state index contributed by atoms with van der Waals surface area (Å²) in [5.74, 6) is 0.769. The number of benzene rings is 2. The Morgan fingerprint density at radius 2 is 1.58 bits per heavy atom. The van der Waals surface area contributed by atoms with Gasteiger partial charge in [-0.1, -0.05) is 56.3 Å². The summed E-state index contributed by atoms with van der Waals surface area (Å²) in [7, 11) is 0. The number of hydrogen-bond donors (Lipinski definition) is 3. The van der Waals surface area contributed by atoms with Crippen LogP contribution in [0, 0.1) is 5.92 Å². The summed E-state index contributed by atoms with van der Waals surface area (Å²) >= 11 is 0. The number of carbonyl (C=O) groups is 2. The zero-order chi connectivity index (χ0) is 27.5. The number of hydrogen-bond acceptors (Lipinski definition) is 5. The third-order valence-electron chi connectivity index (χ3n) is 6.42. The van der Waals surface area contributed by atoms with Crippen molar-refractivity contribution in [3.05, 3.63) is 65.7 Å². The first-order valence-electron chi connectivity index (χ1n) is 13.8. The Hall–Kier alpha value is -2.90. The molecule has 0 radical (unpaired) electrons. The van der Waals surface area contributed by atoms with Crippen molar-refractivity contribution < 1.29 is 19.1 Å². The van der Waals surface area contributed by atoms with Gasteiger partial charge in [0, 0.05) is 31.2 Å². The van der Waals surface area contributed by atoms with Crippen LogP contribution in [0.15, 0.2) is 54.6 Å². The second kappa shape index (κ2) is 14.3. The fourth-order valence-corrected chi connectivity index (χ4v) is 4.51. The van der Waals surface area contributed by atoms with Crippen molar-refractivity contribution in [3.8, 4) is 5.75 Å². The molecular weight excluding hydrogens is 478 g/mol. The van der Waals surface area contributed by atoms with E-state index in [0.717, 1.165) is 29.7 Å². The fraction of sp³-hybridized carbons (Fsp3) is 0.548. The summed E-state index contributed by atoms with van der Waals surface area (Å²) in [5, 5.41) is 9.65. The Labute approximate surface area is 228 Å². The lowest BCUT2D eigenvalue weighted by Crippen LogP contribution is -2.57. The number of rotatable bonds is 12. The maximum Gasteiger partial charge on any atom is 0.243 e. The molecule has 7 heteroatoms. The summed E-state index contributed by atoms with van der Waals surface area (Å²) < 4.78 is 11.4. The lowest BCUT2D eigenvalue weighted by Gasteiger charge is -2.31. The van der Waals surface area contributed by atoms with E-state index in [1.54, 1.807) is 0 Å². The van der Waals surface area contributed by atoms with Gasteiger partial charge in [0.05, 0.1) is 6.04 Å². The molecule has 0 aliphatic carbocycles. The van der Waals surface area contributed by atoms with Crippen LogP contribution in [0.5, 0.6) is 5.75 Å². The van der Waals surface area contributed by atoms with Gasteiger partial charge in [-0.15, -0.1) is 0 Å². The number of ether oxygens (including phenoxy) is 2. The van der Waals surface area contributed by atoms with Crippen LogP contribution in [0.4, 0.5) is 0 Å². The first-order chi connectivity index (χ1) is 18.1. The summed E-state index contributed by atoms with van der Waals surface area (Å²) in [6, 6.07) is 16.9. The maximum absolute atomic E-state index is 13.5. The highest BCUT2D eigenvalue weighted by atomic mass is 16.5. The topological polar surface area (TPSA) is 88.7 Å². The molecule has 1 fully saturated rings. The minimum Gasteiger partial charge on any atom is -0.489 e. The quantitative estimate of drug-likeness (QED) is 0.384. The van der Waals surface area contributed by atoms with Crippen molar-refractivity contribution in [1.29, 1.82) is 0 Å². The van der Waals surface area contributed by atoms with Crippen LogP contribution in [-0.2, 0) is 27.4 Å². The standard InChI is InChI=1S/C31H45N3O4/c1-22(2)19-27(32-25-15-17-37-18-16-25)29(35)33-28(30(36)34-31(3,4)5)20-23-11-13-26(14-12-23)38-21-24-9-7-6-8-10-24/h6-14,22,25,27-28,32H,15-21H2,1-5H3,(H,33,35)(H,34,36)/t27-,28-/m0/s1. The van der Waals surface area contributed by atoms with Gasteiger partial charge in [0.25, 0.3) is 0 Å². The molecule has 2 amide bonds. The molecule has 38 heavy (non-hydrogen) atoms. The highest BCUT2D eigenvalue weighted by Gasteiger charge is 2.30. The van der Waals surface area contributed by atoms with Crippen LogP contribution in [0.2, 0.25) is 0 Å². The van der Waals surface area contributed by atoms with Crippen molar-refractivity contribution in [1.82, 2.24) is 16.0 Å². The molecule has 0 aromatic heterocycles. The molecule has 3 rings (SSSR count). The molecule has 2 atom stereocenters. The van der Waals surface area contributed by atoms with Crippen molar-refractivity contribution in [3.63, 3.8) is 0 Å². The Bertz CT molecular complexity index is 996. The molecule has 0 unspecified atom stereocenters. The molecule has 3 N–H and O–H groups in total. The van der Waals surface area contributed by atoms with Crippen molar-refractivity contribution in [2.24, 2.45) is 5.92 Å². The average molecular weight is 524 g/mol. The molecule has 2 aromatic carbocycles. The summed E-state index contributed by atoms with van der Waals surface area (Å²) in [6.45, 7) is 11.9. The van der Waals surface area contributed by atoms with Gasteiger partial charge in [-0.3, -0.25) is 9.59 Å². The molecular formula is C31H45N3O4. The molecule has 208 valence electrons. The van der Waals surface area contributed by atoms with Gasteiger partial charge >= 0.3 is 0 Å². The second-order valence-electron chi connectivity index (χ2n) is 11.7. The number of amides is 2. The van der Waals surface area contributed by atoms with E-state index in [1.165, 1.54) is 0 Å². The van der Waals surface area contributed by atoms with Crippen LogP contribution in [0.3, 0.4) is 0 Å². The Morgan fingerprint density at radius 3 is 2.18 bits per heavy atom. The third kappa shape index (κ3) is 10.5. The lowest BCUT2D eigenvalue weighted by molar-refractivity contribution is -0.131. The molecule has 7 nitrogen and oxygen atoms in total. The number of nitrogens with one attached hydrogen (secondary N) is 3. The monoisotopic (exact) mass is 523 g/mol. The Balaban J connectivity index is 1.68. The minimum absolute atomic E-state index is 0.137. The van der Waals surface area contributed by atoms with Crippen LogP contribution in [0.1, 0.15) is 65.0 Å². The van der Waals surface area contributed by atoms with E-state index in [2.05, 4.69) is 29.8 Å². The van der Waals surface area contributed by atoms with Gasteiger partial charge in [-0.25, -0.2) is 0 Å². The highest BCUT2D eigenvalue weighted by molar-refractivity contribution is 5.90. The third-order valence-corrected chi connectivity index (χ3v) is 6.42. The van der Waals surface area contributed by atoms with E-state index in [9.17, 15) is 9.59 Å². The van der Waals surface area contributed by atoms with Crippen molar-refractivity contribution in [2.45, 2.75) is 90.6 Å². The molecule has 1 aliphatic rings. The SMILES string of the molecule is CC(C)C[C@H](NC1CCOCC1)C(=O)N[C@@H](Cc1ccc(OCc2ccccc2)cc1)C(=O)NC(C)(C)C.